The van der Waals surface area contributed by atoms with Gasteiger partial charge in [0.15, 0.2) is 6.61 Å². The molecule has 0 fully saturated rings. The minimum absolute atomic E-state index is 0.176. The molecule has 94 valence electrons. The number of hydrogen-bond acceptors (Lipinski definition) is 4. The standard InChI is InChI=1S/C9H9ClFNO4S/c1-12-9(13)5-16-7-3-2-6(11)4-8(7)17(10,14)15/h2-4H,5H2,1H3,(H,12,13). The molecule has 0 aliphatic heterocycles. The average Bonchev–Trinajstić information content (AvgIpc) is 2.25. The van der Waals surface area contributed by atoms with Crippen molar-refractivity contribution >= 4 is 25.6 Å². The van der Waals surface area contributed by atoms with Gasteiger partial charge in [-0.1, -0.05) is 0 Å². The molecular formula is C9H9ClFNO4S. The van der Waals surface area contributed by atoms with Crippen LogP contribution in [0.15, 0.2) is 23.1 Å². The van der Waals surface area contributed by atoms with Crippen LogP contribution in [-0.2, 0) is 13.8 Å². The van der Waals surface area contributed by atoms with Crippen molar-refractivity contribution in [1.29, 1.82) is 0 Å². The summed E-state index contributed by atoms with van der Waals surface area (Å²) in [5, 5.41) is 2.28. The van der Waals surface area contributed by atoms with Gasteiger partial charge in [-0.3, -0.25) is 4.79 Å². The number of hydrogen-bond donors (Lipinski definition) is 1. The second-order valence-corrected chi connectivity index (χ2v) is 5.53. The highest BCUT2D eigenvalue weighted by molar-refractivity contribution is 8.13. The second kappa shape index (κ2) is 5.33. The molecule has 1 amide bonds. The Labute approximate surface area is 102 Å². The van der Waals surface area contributed by atoms with Crippen LogP contribution in [0.5, 0.6) is 5.75 Å². The van der Waals surface area contributed by atoms with Crippen molar-refractivity contribution in [3.05, 3.63) is 24.0 Å². The van der Waals surface area contributed by atoms with E-state index in [1.165, 1.54) is 7.05 Å². The molecule has 0 heterocycles. The van der Waals surface area contributed by atoms with Gasteiger partial charge in [0.1, 0.15) is 16.5 Å². The molecule has 17 heavy (non-hydrogen) atoms. The Kier molecular flexibility index (Phi) is 4.30. The van der Waals surface area contributed by atoms with Crippen molar-refractivity contribution in [1.82, 2.24) is 5.32 Å². The Balaban J connectivity index is 3.04. The lowest BCUT2D eigenvalue weighted by atomic mass is 10.3. The third-order valence-electron chi connectivity index (χ3n) is 1.81. The van der Waals surface area contributed by atoms with Crippen molar-refractivity contribution in [3.63, 3.8) is 0 Å². The molecule has 0 unspecified atom stereocenters. The summed E-state index contributed by atoms with van der Waals surface area (Å²) in [7, 11) is 2.37. The SMILES string of the molecule is CNC(=O)COc1ccc(F)cc1S(=O)(=O)Cl. The minimum atomic E-state index is -4.14. The molecule has 0 aliphatic rings. The van der Waals surface area contributed by atoms with Crippen molar-refractivity contribution in [2.45, 2.75) is 4.90 Å². The molecular weight excluding hydrogens is 273 g/mol. The second-order valence-electron chi connectivity index (χ2n) is 2.99. The first kappa shape index (κ1) is 13.7. The van der Waals surface area contributed by atoms with Crippen LogP contribution in [0, 0.1) is 5.82 Å². The lowest BCUT2D eigenvalue weighted by Gasteiger charge is -2.08. The van der Waals surface area contributed by atoms with Gasteiger partial charge in [0.2, 0.25) is 0 Å². The first-order valence-electron chi connectivity index (χ1n) is 4.42. The highest BCUT2D eigenvalue weighted by Crippen LogP contribution is 2.27. The Morgan fingerprint density at radius 2 is 2.18 bits per heavy atom. The first-order chi connectivity index (χ1) is 7.84. The van der Waals surface area contributed by atoms with E-state index in [-0.39, 0.29) is 12.4 Å². The normalized spacial score (nSPS) is 11.0. The summed E-state index contributed by atoms with van der Waals surface area (Å²) >= 11 is 0. The highest BCUT2D eigenvalue weighted by atomic mass is 35.7. The zero-order valence-electron chi connectivity index (χ0n) is 8.74. The number of likely N-dealkylation sites (N-methyl/N-ethyl adjacent to an activating group) is 1. The zero-order chi connectivity index (χ0) is 13.1. The van der Waals surface area contributed by atoms with Gasteiger partial charge in [-0.25, -0.2) is 12.8 Å². The van der Waals surface area contributed by atoms with Crippen LogP contribution in [0.1, 0.15) is 0 Å². The topological polar surface area (TPSA) is 72.5 Å². The van der Waals surface area contributed by atoms with Crippen LogP contribution >= 0.6 is 10.7 Å². The van der Waals surface area contributed by atoms with Crippen molar-refractivity contribution in [3.8, 4) is 5.75 Å². The van der Waals surface area contributed by atoms with Gasteiger partial charge in [-0.15, -0.1) is 0 Å². The molecule has 1 rings (SSSR count). The summed E-state index contributed by atoms with van der Waals surface area (Å²) in [6, 6.07) is 2.82. The minimum Gasteiger partial charge on any atom is -0.482 e. The van der Waals surface area contributed by atoms with Crippen molar-refractivity contribution in [2.75, 3.05) is 13.7 Å². The molecule has 0 atom stereocenters. The Bertz CT molecular complexity index is 532. The van der Waals surface area contributed by atoms with Gasteiger partial charge >= 0.3 is 0 Å². The molecule has 0 saturated heterocycles. The van der Waals surface area contributed by atoms with E-state index in [0.29, 0.717) is 0 Å². The maximum Gasteiger partial charge on any atom is 0.265 e. The number of nitrogens with one attached hydrogen (secondary N) is 1. The van der Waals surface area contributed by atoms with Crippen LogP contribution in [0.3, 0.4) is 0 Å². The van der Waals surface area contributed by atoms with Crippen LogP contribution in [0.25, 0.3) is 0 Å². The Morgan fingerprint density at radius 3 is 2.71 bits per heavy atom. The zero-order valence-corrected chi connectivity index (χ0v) is 10.3. The summed E-state index contributed by atoms with van der Waals surface area (Å²) in [5.74, 6) is -1.39. The number of benzene rings is 1. The number of amides is 1. The Hall–Kier alpha value is -1.34. The predicted molar refractivity (Wildman–Crippen MR) is 59.0 cm³/mol. The van der Waals surface area contributed by atoms with E-state index < -0.39 is 25.7 Å². The lowest BCUT2D eigenvalue weighted by molar-refractivity contribution is -0.122. The van der Waals surface area contributed by atoms with Crippen molar-refractivity contribution < 1.29 is 22.3 Å². The molecule has 1 N–H and O–H groups in total. The fourth-order valence-corrected chi connectivity index (χ4v) is 1.99. The molecule has 0 spiro atoms. The van der Waals surface area contributed by atoms with E-state index in [4.69, 9.17) is 15.4 Å². The van der Waals surface area contributed by atoms with Crippen LogP contribution in [-0.4, -0.2) is 28.0 Å². The van der Waals surface area contributed by atoms with Gasteiger partial charge in [-0.05, 0) is 18.2 Å². The Morgan fingerprint density at radius 1 is 1.53 bits per heavy atom. The monoisotopic (exact) mass is 281 g/mol. The fraction of sp³-hybridized carbons (Fsp3) is 0.222. The van der Waals surface area contributed by atoms with E-state index in [9.17, 15) is 17.6 Å². The number of halogens is 2. The van der Waals surface area contributed by atoms with Gasteiger partial charge < -0.3 is 10.1 Å². The molecule has 0 aliphatic carbocycles. The van der Waals surface area contributed by atoms with Crippen molar-refractivity contribution in [2.24, 2.45) is 0 Å². The van der Waals surface area contributed by atoms with E-state index in [1.807, 2.05) is 0 Å². The molecule has 5 nitrogen and oxygen atoms in total. The smallest absolute Gasteiger partial charge is 0.265 e. The van der Waals surface area contributed by atoms with Gasteiger partial charge in [-0.2, -0.15) is 0 Å². The predicted octanol–water partition coefficient (Wildman–Crippen LogP) is 0.878. The summed E-state index contributed by atoms with van der Waals surface area (Å²) in [4.78, 5) is 10.4. The quantitative estimate of drug-likeness (QED) is 0.832. The molecule has 1 aromatic carbocycles. The summed E-state index contributed by atoms with van der Waals surface area (Å²) in [5.41, 5.74) is 0. The maximum atomic E-state index is 12.9. The molecule has 0 bridgehead atoms. The number of carbonyl (C=O) groups is 1. The van der Waals surface area contributed by atoms with Gasteiger partial charge in [0, 0.05) is 17.7 Å². The van der Waals surface area contributed by atoms with E-state index in [1.54, 1.807) is 0 Å². The first-order valence-corrected chi connectivity index (χ1v) is 6.73. The van der Waals surface area contributed by atoms with E-state index in [2.05, 4.69) is 5.32 Å². The van der Waals surface area contributed by atoms with Gasteiger partial charge in [0.25, 0.3) is 15.0 Å². The fourth-order valence-electron chi connectivity index (χ4n) is 1.01. The molecule has 0 saturated carbocycles. The molecule has 8 heteroatoms. The summed E-state index contributed by atoms with van der Waals surface area (Å²) < 4.78 is 40.1. The average molecular weight is 282 g/mol. The number of rotatable bonds is 4. The summed E-state index contributed by atoms with van der Waals surface area (Å²) in [6.07, 6.45) is 0. The van der Waals surface area contributed by atoms with Crippen LogP contribution in [0.2, 0.25) is 0 Å². The highest BCUT2D eigenvalue weighted by Gasteiger charge is 2.18. The van der Waals surface area contributed by atoms with E-state index >= 15 is 0 Å². The van der Waals surface area contributed by atoms with Crippen LogP contribution < -0.4 is 10.1 Å². The molecule has 1 aromatic rings. The number of carbonyl (C=O) groups excluding carboxylic acids is 1. The summed E-state index contributed by atoms with van der Waals surface area (Å²) in [6.45, 7) is -0.387. The third kappa shape index (κ3) is 3.86. The molecule has 0 radical (unpaired) electrons. The number of ether oxygens (including phenoxy) is 1. The molecule has 0 aromatic heterocycles. The van der Waals surface area contributed by atoms with Crippen LogP contribution in [0.4, 0.5) is 4.39 Å². The van der Waals surface area contributed by atoms with Gasteiger partial charge in [0.05, 0.1) is 0 Å². The largest absolute Gasteiger partial charge is 0.482 e. The third-order valence-corrected chi connectivity index (χ3v) is 3.15. The van der Waals surface area contributed by atoms with E-state index in [0.717, 1.165) is 18.2 Å². The maximum absolute atomic E-state index is 12.9. The lowest BCUT2D eigenvalue weighted by Crippen LogP contribution is -2.25.